The Kier molecular flexibility index (Phi) is 3.72. The lowest BCUT2D eigenvalue weighted by molar-refractivity contribution is -0.213. The summed E-state index contributed by atoms with van der Waals surface area (Å²) in [6.07, 6.45) is -5.20. The van der Waals surface area contributed by atoms with Gasteiger partial charge in [0.15, 0.2) is 0 Å². The Morgan fingerprint density at radius 1 is 1.37 bits per heavy atom. The topological polar surface area (TPSA) is 109 Å². The highest BCUT2D eigenvalue weighted by molar-refractivity contribution is 9.10. The van der Waals surface area contributed by atoms with Gasteiger partial charge >= 0.3 is 6.18 Å². The monoisotopic (exact) mass is 461 g/mol. The van der Waals surface area contributed by atoms with E-state index in [2.05, 4.69) is 31.2 Å². The van der Waals surface area contributed by atoms with Gasteiger partial charge in [0.05, 0.1) is 5.52 Å². The third-order valence-electron chi connectivity index (χ3n) is 3.95. The molecule has 140 valence electrons. The molecular formula is C14H7BrF3N5O3S. The van der Waals surface area contributed by atoms with Crippen LogP contribution in [0.5, 0.6) is 5.19 Å². The molecule has 2 aromatic heterocycles. The molecule has 2 amide bonds. The molecule has 3 aromatic rings. The molecule has 0 bridgehead atoms. The van der Waals surface area contributed by atoms with Crippen LogP contribution in [0.2, 0.25) is 0 Å². The minimum atomic E-state index is -5.20. The minimum absolute atomic E-state index is 0.0172. The van der Waals surface area contributed by atoms with Crippen LogP contribution in [0, 0.1) is 0 Å². The summed E-state index contributed by atoms with van der Waals surface area (Å²) < 4.78 is 43.4. The second-order valence-electron chi connectivity index (χ2n) is 5.51. The Morgan fingerprint density at radius 2 is 2.11 bits per heavy atom. The summed E-state index contributed by atoms with van der Waals surface area (Å²) >= 11 is 3.86. The number of imidazole rings is 1. The number of nitrogens with zero attached hydrogens (tertiary/aromatic N) is 3. The molecule has 1 aliphatic rings. The molecule has 0 spiro atoms. The molecular weight excluding hydrogens is 455 g/mol. The highest BCUT2D eigenvalue weighted by atomic mass is 79.9. The molecule has 27 heavy (non-hydrogen) atoms. The van der Waals surface area contributed by atoms with E-state index in [-0.39, 0.29) is 17.0 Å². The minimum Gasteiger partial charge on any atom is -0.486 e. The average Bonchev–Trinajstić information content (AvgIpc) is 3.22. The second kappa shape index (κ2) is 5.66. The van der Waals surface area contributed by atoms with E-state index in [4.69, 9.17) is 0 Å². The van der Waals surface area contributed by atoms with Gasteiger partial charge in [-0.3, -0.25) is 19.5 Å². The number of rotatable bonds is 2. The first-order chi connectivity index (χ1) is 12.6. The number of carbonyl (C=O) groups excluding carboxylic acids is 2. The molecule has 0 radical (unpaired) electrons. The molecule has 1 aromatic carbocycles. The maximum Gasteiger partial charge on any atom is 0.440 e. The summed E-state index contributed by atoms with van der Waals surface area (Å²) in [5.41, 5.74) is -3.71. The van der Waals surface area contributed by atoms with Crippen molar-refractivity contribution in [2.75, 3.05) is 5.32 Å². The van der Waals surface area contributed by atoms with Crippen molar-refractivity contribution >= 4 is 56.1 Å². The standard InChI is InChI=1S/C14H7BrF3N5O3S/c15-5-2-1-3-7-8(5)20-11-21-10(25)13(23(7)11,14(16,17)18)22-9(24)6-4-27-12(26)19-6/h1-4H,(H,19,26)(H,22,24)(H,20,21,25). The zero-order valence-corrected chi connectivity index (χ0v) is 15.2. The quantitative estimate of drug-likeness (QED) is 0.543. The van der Waals surface area contributed by atoms with Crippen LogP contribution in [-0.4, -0.2) is 37.6 Å². The average molecular weight is 462 g/mol. The number of hydrogen-bond donors (Lipinski definition) is 3. The van der Waals surface area contributed by atoms with Crippen molar-refractivity contribution < 1.29 is 27.9 Å². The molecule has 13 heteroatoms. The fourth-order valence-corrected chi connectivity index (χ4v) is 3.79. The van der Waals surface area contributed by atoms with Gasteiger partial charge in [-0.1, -0.05) is 17.4 Å². The molecule has 0 fully saturated rings. The molecule has 3 N–H and O–H groups in total. The number of carbonyl (C=O) groups is 2. The third-order valence-corrected chi connectivity index (χ3v) is 5.24. The Morgan fingerprint density at radius 3 is 2.74 bits per heavy atom. The van der Waals surface area contributed by atoms with Crippen molar-refractivity contribution in [3.63, 3.8) is 0 Å². The van der Waals surface area contributed by atoms with Crippen molar-refractivity contribution in [1.82, 2.24) is 19.9 Å². The summed E-state index contributed by atoms with van der Waals surface area (Å²) in [5.74, 6) is -3.14. The summed E-state index contributed by atoms with van der Waals surface area (Å²) in [4.78, 5) is 32.2. The number of fused-ring (bicyclic) bond motifs is 3. The zero-order chi connectivity index (χ0) is 19.6. The number of aromatic hydroxyl groups is 1. The van der Waals surface area contributed by atoms with Gasteiger partial charge in [-0.25, -0.2) is 4.98 Å². The lowest BCUT2D eigenvalue weighted by Gasteiger charge is -2.31. The Balaban J connectivity index is 1.94. The summed E-state index contributed by atoms with van der Waals surface area (Å²) in [6, 6.07) is 4.41. The number of anilines is 1. The lowest BCUT2D eigenvalue weighted by Crippen LogP contribution is -2.63. The number of hydrogen-bond acceptors (Lipinski definition) is 6. The Bertz CT molecular complexity index is 1110. The first kappa shape index (κ1) is 17.7. The highest BCUT2D eigenvalue weighted by Gasteiger charge is 2.67. The van der Waals surface area contributed by atoms with Crippen LogP contribution < -0.4 is 10.6 Å². The molecule has 3 heterocycles. The van der Waals surface area contributed by atoms with Crippen LogP contribution in [0.4, 0.5) is 19.1 Å². The van der Waals surface area contributed by atoms with Gasteiger partial charge in [-0.15, -0.1) is 0 Å². The molecule has 8 nitrogen and oxygen atoms in total. The second-order valence-corrected chi connectivity index (χ2v) is 7.20. The lowest BCUT2D eigenvalue weighted by atomic mass is 10.1. The van der Waals surface area contributed by atoms with Crippen LogP contribution in [0.15, 0.2) is 28.1 Å². The zero-order valence-electron chi connectivity index (χ0n) is 12.8. The smallest absolute Gasteiger partial charge is 0.440 e. The van der Waals surface area contributed by atoms with E-state index in [0.29, 0.717) is 20.4 Å². The van der Waals surface area contributed by atoms with Crippen molar-refractivity contribution in [3.8, 4) is 5.19 Å². The summed E-state index contributed by atoms with van der Waals surface area (Å²) in [6.45, 7) is 0. The van der Waals surface area contributed by atoms with Crippen LogP contribution in [0.25, 0.3) is 11.0 Å². The summed E-state index contributed by atoms with van der Waals surface area (Å²) in [5, 5.41) is 13.6. The highest BCUT2D eigenvalue weighted by Crippen LogP contribution is 2.44. The number of benzene rings is 1. The Labute approximate surface area is 160 Å². The molecule has 0 saturated carbocycles. The predicted octanol–water partition coefficient (Wildman–Crippen LogP) is 2.56. The van der Waals surface area contributed by atoms with Crippen molar-refractivity contribution in [2.24, 2.45) is 0 Å². The fourth-order valence-electron chi connectivity index (χ4n) is 2.82. The SMILES string of the molecule is O=C(NC1(C(F)(F)F)C(=O)Nc2nc3c(Br)cccc3n21)c1csc(O)n1. The number of amides is 2. The molecule has 1 atom stereocenters. The van der Waals surface area contributed by atoms with E-state index >= 15 is 0 Å². The third kappa shape index (κ3) is 2.41. The van der Waals surface area contributed by atoms with E-state index in [0.717, 1.165) is 5.38 Å². The van der Waals surface area contributed by atoms with E-state index in [1.807, 2.05) is 0 Å². The van der Waals surface area contributed by atoms with Gasteiger partial charge in [0.1, 0.15) is 11.2 Å². The van der Waals surface area contributed by atoms with Crippen LogP contribution in [-0.2, 0) is 10.5 Å². The van der Waals surface area contributed by atoms with Gasteiger partial charge in [0.2, 0.25) is 5.95 Å². The normalized spacial score (nSPS) is 19.2. The van der Waals surface area contributed by atoms with Gasteiger partial charge in [0, 0.05) is 9.85 Å². The number of halogens is 4. The maximum absolute atomic E-state index is 14.1. The largest absolute Gasteiger partial charge is 0.486 e. The predicted molar refractivity (Wildman–Crippen MR) is 91.3 cm³/mol. The van der Waals surface area contributed by atoms with Crippen LogP contribution in [0.3, 0.4) is 0 Å². The molecule has 1 unspecified atom stereocenters. The number of alkyl halides is 3. The number of para-hydroxylation sites is 1. The van der Waals surface area contributed by atoms with E-state index in [1.165, 1.54) is 12.1 Å². The summed E-state index contributed by atoms with van der Waals surface area (Å²) in [7, 11) is 0. The van der Waals surface area contributed by atoms with Gasteiger partial charge in [0.25, 0.3) is 22.7 Å². The van der Waals surface area contributed by atoms with E-state index in [1.54, 1.807) is 11.4 Å². The Hall–Kier alpha value is -2.67. The number of aromatic nitrogens is 3. The van der Waals surface area contributed by atoms with Gasteiger partial charge in [-0.2, -0.15) is 18.2 Å². The maximum atomic E-state index is 14.1. The van der Waals surface area contributed by atoms with Crippen LogP contribution in [0.1, 0.15) is 10.5 Å². The first-order valence-electron chi connectivity index (χ1n) is 7.18. The van der Waals surface area contributed by atoms with Crippen molar-refractivity contribution in [1.29, 1.82) is 0 Å². The molecule has 0 saturated heterocycles. The number of nitrogens with one attached hydrogen (secondary N) is 2. The van der Waals surface area contributed by atoms with E-state index in [9.17, 15) is 27.9 Å². The molecule has 1 aliphatic heterocycles. The van der Waals surface area contributed by atoms with Crippen molar-refractivity contribution in [3.05, 3.63) is 33.7 Å². The number of thiazole rings is 1. The molecule has 0 aliphatic carbocycles. The van der Waals surface area contributed by atoms with Crippen molar-refractivity contribution in [2.45, 2.75) is 11.8 Å². The fraction of sp³-hybridized carbons (Fsp3) is 0.143. The van der Waals surface area contributed by atoms with Crippen LogP contribution >= 0.6 is 27.3 Å². The molecule has 4 rings (SSSR count). The first-order valence-corrected chi connectivity index (χ1v) is 8.85. The van der Waals surface area contributed by atoms with Gasteiger partial charge < -0.3 is 10.4 Å². The van der Waals surface area contributed by atoms with E-state index < -0.39 is 34.5 Å². The van der Waals surface area contributed by atoms with Gasteiger partial charge in [-0.05, 0) is 28.1 Å².